The van der Waals surface area contributed by atoms with Crippen LogP contribution in [-0.2, 0) is 20.7 Å². The van der Waals surface area contributed by atoms with Gasteiger partial charge in [0.25, 0.3) is 5.91 Å². The summed E-state index contributed by atoms with van der Waals surface area (Å²) in [7, 11) is 1.38. The third kappa shape index (κ3) is 4.98. The third-order valence-corrected chi connectivity index (χ3v) is 3.21. The van der Waals surface area contributed by atoms with Crippen LogP contribution in [0.1, 0.15) is 23.8 Å². The molecule has 2 rings (SSSR count). The third-order valence-electron chi connectivity index (χ3n) is 3.21. The lowest BCUT2D eigenvalue weighted by molar-refractivity contribution is -0.156. The molecule has 0 unspecified atom stereocenters. The van der Waals surface area contributed by atoms with Crippen LogP contribution in [0.3, 0.4) is 0 Å². The van der Waals surface area contributed by atoms with E-state index in [-0.39, 0.29) is 6.42 Å². The van der Waals surface area contributed by atoms with Gasteiger partial charge in [0.2, 0.25) is 6.10 Å². The maximum atomic E-state index is 12.2. The van der Waals surface area contributed by atoms with Crippen molar-refractivity contribution >= 4 is 17.9 Å². The molecule has 24 heavy (non-hydrogen) atoms. The van der Waals surface area contributed by atoms with Gasteiger partial charge < -0.3 is 14.5 Å². The number of nitrogens with one attached hydrogen (secondary N) is 2. The molecule has 2 aromatic rings. The average molecular weight is 330 g/mol. The molecule has 1 aromatic carbocycles. The van der Waals surface area contributed by atoms with Crippen LogP contribution in [0.5, 0.6) is 0 Å². The van der Waals surface area contributed by atoms with Gasteiger partial charge >= 0.3 is 12.0 Å². The van der Waals surface area contributed by atoms with E-state index in [4.69, 9.17) is 9.15 Å². The van der Waals surface area contributed by atoms with Gasteiger partial charge in [0, 0.05) is 19.0 Å². The molecule has 0 spiro atoms. The van der Waals surface area contributed by atoms with Crippen molar-refractivity contribution in [3.8, 4) is 0 Å². The van der Waals surface area contributed by atoms with E-state index >= 15 is 0 Å². The van der Waals surface area contributed by atoms with Crippen LogP contribution >= 0.6 is 0 Å². The Labute approximate surface area is 139 Å². The molecule has 1 aromatic heterocycles. The van der Waals surface area contributed by atoms with Gasteiger partial charge in [-0.2, -0.15) is 0 Å². The van der Waals surface area contributed by atoms with Crippen LogP contribution in [0.25, 0.3) is 0 Å². The normalized spacial score (nSPS) is 11.4. The lowest BCUT2D eigenvalue weighted by Crippen LogP contribution is -2.41. The number of amides is 3. The van der Waals surface area contributed by atoms with Crippen molar-refractivity contribution in [3.05, 3.63) is 60.1 Å². The molecule has 0 aliphatic heterocycles. The summed E-state index contributed by atoms with van der Waals surface area (Å²) >= 11 is 0. The van der Waals surface area contributed by atoms with Gasteiger partial charge in [0.1, 0.15) is 5.76 Å². The van der Waals surface area contributed by atoms with E-state index in [2.05, 4.69) is 10.6 Å². The monoisotopic (exact) mass is 330 g/mol. The second-order valence-corrected chi connectivity index (χ2v) is 4.93. The smallest absolute Gasteiger partial charge is 0.321 e. The van der Waals surface area contributed by atoms with Crippen LogP contribution in [-0.4, -0.2) is 25.0 Å². The fraction of sp³-hybridized carbons (Fsp3) is 0.235. The highest BCUT2D eigenvalue weighted by atomic mass is 16.5. The molecule has 0 saturated carbocycles. The van der Waals surface area contributed by atoms with Gasteiger partial charge in [-0.15, -0.1) is 0 Å². The van der Waals surface area contributed by atoms with Crippen molar-refractivity contribution in [1.29, 1.82) is 0 Å². The minimum Gasteiger partial charge on any atom is -0.469 e. The van der Waals surface area contributed by atoms with Crippen molar-refractivity contribution in [2.75, 3.05) is 7.05 Å². The van der Waals surface area contributed by atoms with Gasteiger partial charge in [-0.05, 0) is 12.1 Å². The predicted molar refractivity (Wildman–Crippen MR) is 84.9 cm³/mol. The maximum Gasteiger partial charge on any atom is 0.321 e. The summed E-state index contributed by atoms with van der Waals surface area (Å²) in [5.74, 6) is -0.628. The van der Waals surface area contributed by atoms with Crippen LogP contribution in [0.15, 0.2) is 53.1 Å². The number of hydrogen-bond donors (Lipinski definition) is 2. The Balaban J connectivity index is 2.03. The minimum absolute atomic E-state index is 0.0596. The fourth-order valence-corrected chi connectivity index (χ4v) is 2.01. The summed E-state index contributed by atoms with van der Waals surface area (Å²) in [5.41, 5.74) is 0.477. The van der Waals surface area contributed by atoms with E-state index in [0.717, 1.165) is 0 Å². The lowest BCUT2D eigenvalue weighted by Gasteiger charge is -2.17. The molecule has 1 heterocycles. The molecule has 0 aliphatic carbocycles. The lowest BCUT2D eigenvalue weighted by atomic mass is 10.1. The highest BCUT2D eigenvalue weighted by Crippen LogP contribution is 2.19. The maximum absolute atomic E-state index is 12.2. The largest absolute Gasteiger partial charge is 0.469 e. The second kappa shape index (κ2) is 8.52. The first-order valence-electron chi connectivity index (χ1n) is 7.39. The summed E-state index contributed by atoms with van der Waals surface area (Å²) in [5, 5.41) is 4.39. The van der Waals surface area contributed by atoms with E-state index in [9.17, 15) is 14.4 Å². The van der Waals surface area contributed by atoms with Crippen molar-refractivity contribution in [3.63, 3.8) is 0 Å². The number of urea groups is 1. The molecule has 0 fully saturated rings. The molecule has 0 saturated heterocycles. The second-order valence-electron chi connectivity index (χ2n) is 4.93. The first kappa shape index (κ1) is 17.3. The van der Waals surface area contributed by atoms with Crippen molar-refractivity contribution < 1.29 is 23.5 Å². The number of benzene rings is 1. The molecular weight excluding hydrogens is 312 g/mol. The SMILES string of the molecule is CNC(=O)NC(=O)[C@H](OC(=O)CCc1ccco1)c1ccccc1. The van der Waals surface area contributed by atoms with Gasteiger partial charge in [-0.3, -0.25) is 14.9 Å². The molecule has 2 N–H and O–H groups in total. The number of ether oxygens (including phenoxy) is 1. The van der Waals surface area contributed by atoms with E-state index in [0.29, 0.717) is 17.7 Å². The molecule has 0 bridgehead atoms. The highest BCUT2D eigenvalue weighted by molar-refractivity contribution is 5.97. The van der Waals surface area contributed by atoms with Gasteiger partial charge in [-0.1, -0.05) is 30.3 Å². The number of furan rings is 1. The number of carbonyl (C=O) groups excluding carboxylic acids is 3. The summed E-state index contributed by atoms with van der Waals surface area (Å²) < 4.78 is 10.4. The van der Waals surface area contributed by atoms with Crippen molar-refractivity contribution in [1.82, 2.24) is 10.6 Å². The van der Waals surface area contributed by atoms with Gasteiger partial charge in [-0.25, -0.2) is 4.79 Å². The minimum atomic E-state index is -1.20. The summed E-state index contributed by atoms with van der Waals surface area (Å²) in [4.78, 5) is 35.6. The number of rotatable bonds is 6. The Morgan fingerprint density at radius 1 is 1.12 bits per heavy atom. The molecular formula is C17H18N2O5. The fourth-order valence-electron chi connectivity index (χ4n) is 2.01. The predicted octanol–water partition coefficient (Wildman–Crippen LogP) is 1.95. The average Bonchev–Trinajstić information content (AvgIpc) is 3.12. The van der Waals surface area contributed by atoms with E-state index in [1.807, 2.05) is 0 Å². The van der Waals surface area contributed by atoms with Crippen LogP contribution in [0, 0.1) is 0 Å². The van der Waals surface area contributed by atoms with E-state index in [1.165, 1.54) is 13.3 Å². The quantitative estimate of drug-likeness (QED) is 0.789. The number of hydrogen-bond acceptors (Lipinski definition) is 5. The Kier molecular flexibility index (Phi) is 6.13. The Bertz CT molecular complexity index is 682. The summed E-state index contributed by atoms with van der Waals surface area (Å²) in [6.45, 7) is 0. The highest BCUT2D eigenvalue weighted by Gasteiger charge is 2.26. The van der Waals surface area contributed by atoms with E-state index in [1.54, 1.807) is 42.5 Å². The topological polar surface area (TPSA) is 97.6 Å². The molecule has 3 amide bonds. The Morgan fingerprint density at radius 2 is 1.88 bits per heavy atom. The van der Waals surface area contributed by atoms with Gasteiger partial charge in [0.05, 0.1) is 12.7 Å². The Morgan fingerprint density at radius 3 is 2.50 bits per heavy atom. The molecule has 1 atom stereocenters. The molecule has 0 aliphatic rings. The van der Waals surface area contributed by atoms with Crippen LogP contribution < -0.4 is 10.6 Å². The zero-order chi connectivity index (χ0) is 17.4. The summed E-state index contributed by atoms with van der Waals surface area (Å²) in [6.07, 6.45) is 0.742. The number of carbonyl (C=O) groups is 3. The Hall–Kier alpha value is -3.09. The molecule has 0 radical (unpaired) electrons. The number of aryl methyl sites for hydroxylation is 1. The number of imide groups is 1. The standard InChI is InChI=1S/C17H18N2O5/c1-18-17(22)19-16(21)15(12-6-3-2-4-7-12)24-14(20)10-9-13-8-5-11-23-13/h2-8,11,15H,9-10H2,1H3,(H2,18,19,21,22)/t15-/m1/s1. The molecule has 7 heteroatoms. The molecule has 7 nitrogen and oxygen atoms in total. The van der Waals surface area contributed by atoms with Crippen molar-refractivity contribution in [2.24, 2.45) is 0 Å². The van der Waals surface area contributed by atoms with Gasteiger partial charge in [0.15, 0.2) is 0 Å². The first-order chi connectivity index (χ1) is 11.6. The van der Waals surface area contributed by atoms with Crippen LogP contribution in [0.2, 0.25) is 0 Å². The summed E-state index contributed by atoms with van der Waals surface area (Å²) in [6, 6.07) is 11.3. The van der Waals surface area contributed by atoms with Crippen LogP contribution in [0.4, 0.5) is 4.79 Å². The first-order valence-corrected chi connectivity index (χ1v) is 7.39. The van der Waals surface area contributed by atoms with Crippen molar-refractivity contribution in [2.45, 2.75) is 18.9 Å². The number of esters is 1. The molecule has 126 valence electrons. The zero-order valence-corrected chi connectivity index (χ0v) is 13.2. The van der Waals surface area contributed by atoms with E-state index < -0.39 is 24.0 Å². The zero-order valence-electron chi connectivity index (χ0n) is 13.2.